The molecule has 8 heteroatoms. The summed E-state index contributed by atoms with van der Waals surface area (Å²) in [4.78, 5) is 14.0. The molecule has 18 heavy (non-hydrogen) atoms. The summed E-state index contributed by atoms with van der Waals surface area (Å²) in [6.07, 6.45) is 0. The summed E-state index contributed by atoms with van der Waals surface area (Å²) in [6, 6.07) is 3.86. The fourth-order valence-electron chi connectivity index (χ4n) is 1.20. The highest BCUT2D eigenvalue weighted by Gasteiger charge is 2.14. The highest BCUT2D eigenvalue weighted by atomic mass is 32.2. The first kappa shape index (κ1) is 12.9. The lowest BCUT2D eigenvalue weighted by atomic mass is 10.4. The summed E-state index contributed by atoms with van der Waals surface area (Å²) in [6.45, 7) is 0. The predicted molar refractivity (Wildman–Crippen MR) is 72.9 cm³/mol. The van der Waals surface area contributed by atoms with E-state index in [1.54, 1.807) is 25.4 Å². The van der Waals surface area contributed by atoms with Crippen LogP contribution in [0.2, 0.25) is 0 Å². The van der Waals surface area contributed by atoms with Gasteiger partial charge in [0.1, 0.15) is 0 Å². The quantitative estimate of drug-likeness (QED) is 0.666. The summed E-state index contributed by atoms with van der Waals surface area (Å²) in [5.41, 5.74) is 0. The van der Waals surface area contributed by atoms with Crippen molar-refractivity contribution >= 4 is 29.0 Å². The number of nitrogen functional groups attached to an aromatic ring is 1. The number of aromatic nitrogens is 3. The zero-order valence-electron chi connectivity index (χ0n) is 10.0. The smallest absolute Gasteiger partial charge is 0.232 e. The third-order valence-corrected chi connectivity index (χ3v) is 4.02. The summed E-state index contributed by atoms with van der Waals surface area (Å²) in [7, 11) is 3.43. The number of carbonyl (C=O) groups excluding carboxylic acids is 1. The van der Waals surface area contributed by atoms with Crippen molar-refractivity contribution in [3.63, 3.8) is 0 Å². The molecule has 0 spiro atoms. The van der Waals surface area contributed by atoms with Crippen molar-refractivity contribution in [2.45, 2.75) is 5.16 Å². The molecule has 96 valence electrons. The van der Waals surface area contributed by atoms with Crippen molar-refractivity contribution in [1.82, 2.24) is 19.8 Å². The predicted octanol–water partition coefficient (Wildman–Crippen LogP) is 0.901. The number of hydrogen-bond donors (Lipinski definition) is 1. The monoisotopic (exact) mass is 283 g/mol. The summed E-state index contributed by atoms with van der Waals surface area (Å²) in [5, 5.41) is 10.5. The molecule has 0 atom stereocenters. The van der Waals surface area contributed by atoms with Crippen LogP contribution in [-0.4, -0.2) is 45.5 Å². The number of thiophene rings is 1. The van der Waals surface area contributed by atoms with E-state index in [0.29, 0.717) is 16.7 Å². The third-order valence-electron chi connectivity index (χ3n) is 2.23. The minimum atomic E-state index is 0.0145. The number of thioether (sulfide) groups is 1. The lowest BCUT2D eigenvalue weighted by Gasteiger charge is -2.08. The second kappa shape index (κ2) is 5.40. The van der Waals surface area contributed by atoms with Crippen LogP contribution < -0.4 is 5.84 Å². The van der Waals surface area contributed by atoms with Gasteiger partial charge in [-0.05, 0) is 11.4 Å². The van der Waals surface area contributed by atoms with Gasteiger partial charge in [-0.25, -0.2) is 4.68 Å². The molecular weight excluding hydrogens is 270 g/mol. The lowest BCUT2D eigenvalue weighted by Crippen LogP contribution is -2.24. The molecule has 0 unspecified atom stereocenters. The standard InChI is InChI=1S/C10H13N5OS2/c1-14(2)8(16)6-18-10-13-12-9(15(10)11)7-4-3-5-17-7/h3-5H,6,11H2,1-2H3. The largest absolute Gasteiger partial charge is 0.348 e. The molecule has 2 aromatic heterocycles. The third kappa shape index (κ3) is 2.65. The van der Waals surface area contributed by atoms with E-state index in [0.717, 1.165) is 4.88 Å². The van der Waals surface area contributed by atoms with Crippen LogP contribution in [0.25, 0.3) is 10.7 Å². The van der Waals surface area contributed by atoms with Crippen molar-refractivity contribution in [2.75, 3.05) is 25.7 Å². The Morgan fingerprint density at radius 3 is 2.94 bits per heavy atom. The van der Waals surface area contributed by atoms with Gasteiger partial charge in [0.25, 0.3) is 0 Å². The molecular formula is C10H13N5OS2. The van der Waals surface area contributed by atoms with Gasteiger partial charge in [-0.3, -0.25) is 4.79 Å². The van der Waals surface area contributed by atoms with E-state index in [4.69, 9.17) is 5.84 Å². The fourth-order valence-corrected chi connectivity index (χ4v) is 2.75. The lowest BCUT2D eigenvalue weighted by molar-refractivity contribution is -0.125. The second-order valence-electron chi connectivity index (χ2n) is 3.73. The Kier molecular flexibility index (Phi) is 3.87. The first-order chi connectivity index (χ1) is 8.59. The van der Waals surface area contributed by atoms with Gasteiger partial charge < -0.3 is 10.7 Å². The van der Waals surface area contributed by atoms with Crippen LogP contribution in [0.15, 0.2) is 22.7 Å². The maximum Gasteiger partial charge on any atom is 0.232 e. The molecule has 0 fully saturated rings. The molecule has 2 aromatic rings. The molecule has 0 saturated carbocycles. The van der Waals surface area contributed by atoms with Crippen LogP contribution in [0.5, 0.6) is 0 Å². The van der Waals surface area contributed by atoms with E-state index in [-0.39, 0.29) is 5.91 Å². The number of rotatable bonds is 4. The molecule has 0 aliphatic heterocycles. The highest BCUT2D eigenvalue weighted by molar-refractivity contribution is 7.99. The second-order valence-corrected chi connectivity index (χ2v) is 5.62. The van der Waals surface area contributed by atoms with Crippen molar-refractivity contribution in [1.29, 1.82) is 0 Å². The normalized spacial score (nSPS) is 10.6. The van der Waals surface area contributed by atoms with E-state index in [1.807, 2.05) is 17.5 Å². The Balaban J connectivity index is 2.10. The average Bonchev–Trinajstić information content (AvgIpc) is 2.95. The summed E-state index contributed by atoms with van der Waals surface area (Å²) < 4.78 is 1.42. The molecule has 0 bridgehead atoms. The van der Waals surface area contributed by atoms with Crippen LogP contribution >= 0.6 is 23.1 Å². The van der Waals surface area contributed by atoms with E-state index >= 15 is 0 Å². The van der Waals surface area contributed by atoms with E-state index in [1.165, 1.54) is 21.3 Å². The van der Waals surface area contributed by atoms with Crippen molar-refractivity contribution < 1.29 is 4.79 Å². The molecule has 1 amide bonds. The maximum atomic E-state index is 11.5. The Labute approximate surface area is 113 Å². The van der Waals surface area contributed by atoms with E-state index < -0.39 is 0 Å². The highest BCUT2D eigenvalue weighted by Crippen LogP contribution is 2.24. The number of carbonyl (C=O) groups is 1. The molecule has 0 radical (unpaired) electrons. The van der Waals surface area contributed by atoms with Crippen molar-refractivity contribution in [2.24, 2.45) is 0 Å². The Hall–Kier alpha value is -1.54. The van der Waals surface area contributed by atoms with E-state index in [2.05, 4.69) is 10.2 Å². The van der Waals surface area contributed by atoms with Crippen molar-refractivity contribution in [3.8, 4) is 10.7 Å². The number of nitrogens with zero attached hydrogens (tertiary/aromatic N) is 4. The maximum absolute atomic E-state index is 11.5. The zero-order chi connectivity index (χ0) is 13.1. The van der Waals surface area contributed by atoms with Crippen molar-refractivity contribution in [3.05, 3.63) is 17.5 Å². The van der Waals surface area contributed by atoms with Gasteiger partial charge >= 0.3 is 0 Å². The molecule has 2 N–H and O–H groups in total. The number of hydrogen-bond acceptors (Lipinski definition) is 6. The molecule has 2 rings (SSSR count). The molecule has 0 aliphatic carbocycles. The fraction of sp³-hybridized carbons (Fsp3) is 0.300. The molecule has 6 nitrogen and oxygen atoms in total. The average molecular weight is 283 g/mol. The Morgan fingerprint density at radius 1 is 1.56 bits per heavy atom. The molecule has 0 saturated heterocycles. The van der Waals surface area contributed by atoms with Crippen LogP contribution in [0.3, 0.4) is 0 Å². The van der Waals surface area contributed by atoms with E-state index in [9.17, 15) is 4.79 Å². The molecule has 2 heterocycles. The number of nitrogens with two attached hydrogens (primary N) is 1. The first-order valence-electron chi connectivity index (χ1n) is 5.17. The van der Waals surface area contributed by atoms with Crippen LogP contribution in [0.4, 0.5) is 0 Å². The molecule has 0 aromatic carbocycles. The summed E-state index contributed by atoms with van der Waals surface area (Å²) >= 11 is 2.82. The van der Waals surface area contributed by atoms with Gasteiger partial charge in [-0.15, -0.1) is 21.5 Å². The topological polar surface area (TPSA) is 77.0 Å². The minimum Gasteiger partial charge on any atom is -0.348 e. The van der Waals surface area contributed by atoms with Gasteiger partial charge in [0, 0.05) is 14.1 Å². The van der Waals surface area contributed by atoms with Crippen LogP contribution in [0.1, 0.15) is 0 Å². The Bertz CT molecular complexity index is 534. The van der Waals surface area contributed by atoms with Gasteiger partial charge in [-0.2, -0.15) is 0 Å². The van der Waals surface area contributed by atoms with Crippen LogP contribution in [-0.2, 0) is 4.79 Å². The minimum absolute atomic E-state index is 0.0145. The van der Waals surface area contributed by atoms with Gasteiger partial charge in [0.05, 0.1) is 10.6 Å². The van der Waals surface area contributed by atoms with Gasteiger partial charge in [-0.1, -0.05) is 17.8 Å². The first-order valence-corrected chi connectivity index (χ1v) is 7.03. The number of amides is 1. The molecule has 0 aliphatic rings. The zero-order valence-corrected chi connectivity index (χ0v) is 11.7. The van der Waals surface area contributed by atoms with Gasteiger partial charge in [0.15, 0.2) is 5.82 Å². The van der Waals surface area contributed by atoms with Gasteiger partial charge in [0.2, 0.25) is 11.1 Å². The Morgan fingerprint density at radius 2 is 2.33 bits per heavy atom. The van der Waals surface area contributed by atoms with Crippen LogP contribution in [0, 0.1) is 0 Å². The summed E-state index contributed by atoms with van der Waals surface area (Å²) in [5.74, 6) is 6.84. The SMILES string of the molecule is CN(C)C(=O)CSc1nnc(-c2cccs2)n1N.